The van der Waals surface area contributed by atoms with E-state index < -0.39 is 0 Å². The molecule has 1 saturated heterocycles. The summed E-state index contributed by atoms with van der Waals surface area (Å²) in [5.41, 5.74) is 5.05. The predicted octanol–water partition coefficient (Wildman–Crippen LogP) is 3.95. The fourth-order valence-electron chi connectivity index (χ4n) is 2.99. The molecule has 2 heterocycles. The zero-order valence-corrected chi connectivity index (χ0v) is 13.8. The zero-order valence-electron chi connectivity index (χ0n) is 13.8. The number of nitrogens with zero attached hydrogens (tertiary/aromatic N) is 3. The van der Waals surface area contributed by atoms with Crippen molar-refractivity contribution < 1.29 is 9.53 Å². The highest BCUT2D eigenvalue weighted by Gasteiger charge is 2.28. The molecule has 0 N–H and O–H groups in total. The van der Waals surface area contributed by atoms with Gasteiger partial charge in [-0.05, 0) is 31.2 Å². The first kappa shape index (κ1) is 15.4. The molecule has 0 radical (unpaired) electrons. The van der Waals surface area contributed by atoms with Gasteiger partial charge in [0.1, 0.15) is 0 Å². The minimum Gasteiger partial charge on any atom is -0.465 e. The van der Waals surface area contributed by atoms with Gasteiger partial charge in [0.15, 0.2) is 0 Å². The fourth-order valence-corrected chi connectivity index (χ4v) is 2.99. The molecule has 5 heteroatoms. The number of benzene rings is 2. The van der Waals surface area contributed by atoms with Crippen LogP contribution in [0.4, 0.5) is 5.69 Å². The van der Waals surface area contributed by atoms with Crippen LogP contribution < -0.4 is 0 Å². The van der Waals surface area contributed by atoms with E-state index in [1.54, 1.807) is 6.20 Å². The van der Waals surface area contributed by atoms with Gasteiger partial charge < -0.3 is 4.74 Å². The Morgan fingerprint density at radius 1 is 1.16 bits per heavy atom. The molecule has 1 aliphatic rings. The van der Waals surface area contributed by atoms with E-state index in [1.807, 2.05) is 55.5 Å². The first-order valence-electron chi connectivity index (χ1n) is 8.25. The second-order valence-electron chi connectivity index (χ2n) is 6.06. The molecule has 124 valence electrons. The molecule has 1 atom stereocenters. The van der Waals surface area contributed by atoms with Crippen molar-refractivity contribution in [3.8, 4) is 11.3 Å². The van der Waals surface area contributed by atoms with Crippen molar-refractivity contribution in [3.63, 3.8) is 0 Å². The second-order valence-corrected chi connectivity index (χ2v) is 6.06. The predicted molar refractivity (Wildman–Crippen MR) is 96.8 cm³/mol. The maximum Gasteiger partial charge on any atom is 0.314 e. The van der Waals surface area contributed by atoms with Gasteiger partial charge in [-0.15, -0.1) is 0 Å². The first-order chi connectivity index (χ1) is 12.2. The van der Waals surface area contributed by atoms with Crippen LogP contribution in [-0.4, -0.2) is 28.3 Å². The van der Waals surface area contributed by atoms with Crippen LogP contribution in [0.15, 0.2) is 59.7 Å². The number of cyclic esters (lactones) is 1. The highest BCUT2D eigenvalue weighted by Crippen LogP contribution is 2.25. The van der Waals surface area contributed by atoms with Gasteiger partial charge in [0.05, 0.1) is 41.1 Å². The molecular formula is C20H17N3O2. The number of rotatable bonds is 3. The third-order valence-electron chi connectivity index (χ3n) is 4.34. The summed E-state index contributed by atoms with van der Waals surface area (Å²) in [6, 6.07) is 15.6. The van der Waals surface area contributed by atoms with E-state index >= 15 is 0 Å². The molecule has 0 bridgehead atoms. The molecule has 5 nitrogen and oxygen atoms in total. The number of esters is 1. The Hall–Kier alpha value is -3.08. The fraction of sp³-hybridized carbons (Fsp3) is 0.200. The third-order valence-corrected chi connectivity index (χ3v) is 4.34. The van der Waals surface area contributed by atoms with E-state index in [1.165, 1.54) is 0 Å². The molecule has 3 aromatic rings. The van der Waals surface area contributed by atoms with Crippen LogP contribution >= 0.6 is 0 Å². The molecule has 0 amide bonds. The number of hydrogen-bond acceptors (Lipinski definition) is 5. The van der Waals surface area contributed by atoms with Crippen molar-refractivity contribution >= 4 is 28.4 Å². The highest BCUT2D eigenvalue weighted by molar-refractivity contribution is 6.02. The molecule has 1 aromatic heterocycles. The third kappa shape index (κ3) is 3.13. The quantitative estimate of drug-likeness (QED) is 0.538. The van der Waals surface area contributed by atoms with Gasteiger partial charge in [0, 0.05) is 17.7 Å². The highest BCUT2D eigenvalue weighted by atomic mass is 16.5. The maximum atomic E-state index is 11.7. The topological polar surface area (TPSA) is 64.4 Å². The van der Waals surface area contributed by atoms with Gasteiger partial charge in [-0.2, -0.15) is 0 Å². The van der Waals surface area contributed by atoms with Crippen molar-refractivity contribution in [2.24, 2.45) is 10.9 Å². The number of para-hydroxylation sites is 2. The molecule has 4 rings (SSSR count). The van der Waals surface area contributed by atoms with Crippen LogP contribution in [0.5, 0.6) is 0 Å². The second kappa shape index (κ2) is 6.43. The first-order valence-corrected chi connectivity index (χ1v) is 8.25. The monoisotopic (exact) mass is 331 g/mol. The normalized spacial score (nSPS) is 17.7. The average molecular weight is 331 g/mol. The summed E-state index contributed by atoms with van der Waals surface area (Å²) in [5.74, 6) is -0.415. The van der Waals surface area contributed by atoms with Crippen molar-refractivity contribution in [2.75, 3.05) is 6.61 Å². The number of carbonyl (C=O) groups excluding carboxylic acids is 1. The van der Waals surface area contributed by atoms with E-state index in [0.29, 0.717) is 13.0 Å². The lowest BCUT2D eigenvalue weighted by Crippen LogP contribution is -2.16. The maximum absolute atomic E-state index is 11.7. The Labute approximate surface area is 145 Å². The van der Waals surface area contributed by atoms with E-state index in [-0.39, 0.29) is 11.9 Å². The van der Waals surface area contributed by atoms with Crippen molar-refractivity contribution in [1.29, 1.82) is 0 Å². The molecular weight excluding hydrogens is 314 g/mol. The summed E-state index contributed by atoms with van der Waals surface area (Å²) in [4.78, 5) is 25.4. The van der Waals surface area contributed by atoms with Gasteiger partial charge in [-0.3, -0.25) is 14.8 Å². The molecule has 0 saturated carbocycles. The van der Waals surface area contributed by atoms with Gasteiger partial charge in [-0.25, -0.2) is 4.98 Å². The summed E-state index contributed by atoms with van der Waals surface area (Å²) in [7, 11) is 0. The Morgan fingerprint density at radius 2 is 2.00 bits per heavy atom. The summed E-state index contributed by atoms with van der Waals surface area (Å²) >= 11 is 0. The molecule has 1 unspecified atom stereocenters. The molecule has 0 spiro atoms. The molecule has 2 aromatic carbocycles. The average Bonchev–Trinajstić information content (AvgIpc) is 3.07. The van der Waals surface area contributed by atoms with E-state index in [0.717, 1.165) is 33.7 Å². The van der Waals surface area contributed by atoms with Gasteiger partial charge in [-0.1, -0.05) is 24.3 Å². The Bertz CT molecular complexity index is 981. The summed E-state index contributed by atoms with van der Waals surface area (Å²) in [6.45, 7) is 2.35. The van der Waals surface area contributed by atoms with Crippen molar-refractivity contribution in [3.05, 3.63) is 54.7 Å². The van der Waals surface area contributed by atoms with E-state index in [4.69, 9.17) is 4.74 Å². The summed E-state index contributed by atoms with van der Waals surface area (Å²) < 4.78 is 5.02. The summed E-state index contributed by atoms with van der Waals surface area (Å²) in [6.07, 6.45) is 2.47. The van der Waals surface area contributed by atoms with Crippen LogP contribution in [0.3, 0.4) is 0 Å². The number of carbonyl (C=O) groups is 1. The van der Waals surface area contributed by atoms with Crippen molar-refractivity contribution in [1.82, 2.24) is 9.97 Å². The smallest absolute Gasteiger partial charge is 0.314 e. The van der Waals surface area contributed by atoms with Crippen LogP contribution in [0.2, 0.25) is 0 Å². The number of hydrogen-bond donors (Lipinski definition) is 0. The number of aliphatic imine (C=N–C) groups is 1. The standard InChI is InChI=1S/C20H17N3O2/c1-13(16-9-10-25-20(16)24)22-15-6-4-5-14(11-15)19-12-21-17-7-2-3-8-18(17)23-19/h2-8,11-12,16H,9-10H2,1H3. The Kier molecular flexibility index (Phi) is 3.98. The van der Waals surface area contributed by atoms with Crippen molar-refractivity contribution in [2.45, 2.75) is 13.3 Å². The number of fused-ring (bicyclic) bond motifs is 1. The largest absolute Gasteiger partial charge is 0.465 e. The minimum atomic E-state index is -0.232. The van der Waals surface area contributed by atoms with E-state index in [9.17, 15) is 4.79 Å². The minimum absolute atomic E-state index is 0.183. The molecule has 1 aliphatic heterocycles. The van der Waals surface area contributed by atoms with Gasteiger partial charge in [0.25, 0.3) is 0 Å². The lowest BCUT2D eigenvalue weighted by Gasteiger charge is -2.07. The van der Waals surface area contributed by atoms with Gasteiger partial charge >= 0.3 is 5.97 Å². The summed E-state index contributed by atoms with van der Waals surface area (Å²) in [5, 5.41) is 0. The molecule has 0 aliphatic carbocycles. The molecule has 1 fully saturated rings. The van der Waals surface area contributed by atoms with Crippen LogP contribution in [0.25, 0.3) is 22.3 Å². The Morgan fingerprint density at radius 3 is 2.80 bits per heavy atom. The van der Waals surface area contributed by atoms with Gasteiger partial charge in [0.2, 0.25) is 0 Å². The number of ether oxygens (including phenoxy) is 1. The lowest BCUT2D eigenvalue weighted by atomic mass is 10.0. The van der Waals surface area contributed by atoms with E-state index in [2.05, 4.69) is 15.0 Å². The number of aromatic nitrogens is 2. The lowest BCUT2D eigenvalue weighted by molar-refractivity contribution is -0.139. The van der Waals surface area contributed by atoms with Crippen LogP contribution in [-0.2, 0) is 9.53 Å². The SMILES string of the molecule is CC(=Nc1cccc(-c2cnc3ccccc3n2)c1)C1CCOC1=O. The Balaban J connectivity index is 1.67. The van der Waals surface area contributed by atoms with Crippen LogP contribution in [0, 0.1) is 5.92 Å². The zero-order chi connectivity index (χ0) is 17.2. The van der Waals surface area contributed by atoms with Crippen LogP contribution in [0.1, 0.15) is 13.3 Å². The molecule has 25 heavy (non-hydrogen) atoms.